The van der Waals surface area contributed by atoms with Crippen LogP contribution in [-0.2, 0) is 23.9 Å². The maximum atomic E-state index is 13.3. The van der Waals surface area contributed by atoms with Gasteiger partial charge in [0, 0.05) is 25.2 Å². The van der Waals surface area contributed by atoms with Crippen LogP contribution in [0.15, 0.2) is 11.6 Å². The van der Waals surface area contributed by atoms with E-state index in [9.17, 15) is 19.2 Å². The molecule has 3 atom stereocenters. The van der Waals surface area contributed by atoms with E-state index in [2.05, 4.69) is 43.2 Å². The third-order valence-corrected chi connectivity index (χ3v) is 7.28. The second-order valence-corrected chi connectivity index (χ2v) is 11.9. The summed E-state index contributed by atoms with van der Waals surface area (Å²) in [5.41, 5.74) is 0.401. The van der Waals surface area contributed by atoms with Crippen molar-refractivity contribution in [1.29, 1.82) is 0 Å². The van der Waals surface area contributed by atoms with Crippen LogP contribution in [-0.4, -0.2) is 96.4 Å². The van der Waals surface area contributed by atoms with Gasteiger partial charge in [-0.1, -0.05) is 46.6 Å². The Morgan fingerprint density at radius 2 is 1.70 bits per heavy atom. The average molecular weight is 585 g/mol. The van der Waals surface area contributed by atoms with E-state index in [1.807, 2.05) is 20.1 Å². The zero-order valence-electron chi connectivity index (χ0n) is 26.7. The number of carbonyl (C=O) groups excluding carboxylic acids is 4. The first kappa shape index (κ1) is 37.9. The van der Waals surface area contributed by atoms with Gasteiger partial charge in [0.1, 0.15) is 12.1 Å². The van der Waals surface area contributed by atoms with E-state index in [1.54, 1.807) is 38.7 Å². The standard InChI is InChI=1S/C27H48N4O5S.C3H8/c1-9-36-27(35)21(14-17-37-8)28-24(32)20(6)13-16-30(7)26(34)23(18(2)3)29-25(33)22-12-10-11-15-31(22)19(4)5;1-3-2/h13,18-19,21-23H,9-12,14-17H2,1-8H3,(H,28,32)(H,29,33);3H2,1-2H3/b20-13+;. The number of rotatable bonds is 14. The van der Waals surface area contributed by atoms with Gasteiger partial charge in [-0.25, -0.2) is 4.79 Å². The van der Waals surface area contributed by atoms with Crippen LogP contribution >= 0.6 is 11.8 Å². The molecule has 0 bridgehead atoms. The molecule has 10 heteroatoms. The molecule has 1 heterocycles. The Morgan fingerprint density at radius 1 is 1.07 bits per heavy atom. The topological polar surface area (TPSA) is 108 Å². The summed E-state index contributed by atoms with van der Waals surface area (Å²) in [5, 5.41) is 5.75. The lowest BCUT2D eigenvalue weighted by molar-refractivity contribution is -0.147. The van der Waals surface area contributed by atoms with Crippen molar-refractivity contribution in [2.75, 3.05) is 38.8 Å². The lowest BCUT2D eigenvalue weighted by Crippen LogP contribution is -2.57. The summed E-state index contributed by atoms with van der Waals surface area (Å²) in [6, 6.07) is -1.34. The predicted molar refractivity (Wildman–Crippen MR) is 165 cm³/mol. The van der Waals surface area contributed by atoms with Crippen LogP contribution in [0.25, 0.3) is 0 Å². The lowest BCUT2D eigenvalue weighted by Gasteiger charge is -2.38. The predicted octanol–water partition coefficient (Wildman–Crippen LogP) is 4.01. The third-order valence-electron chi connectivity index (χ3n) is 6.63. The maximum absolute atomic E-state index is 13.3. The number of nitrogens with zero attached hydrogens (tertiary/aromatic N) is 2. The fourth-order valence-electron chi connectivity index (χ4n) is 4.31. The van der Waals surface area contributed by atoms with Gasteiger partial charge in [-0.15, -0.1) is 0 Å². The first-order valence-corrected chi connectivity index (χ1v) is 16.2. The van der Waals surface area contributed by atoms with Gasteiger partial charge in [-0.2, -0.15) is 11.8 Å². The van der Waals surface area contributed by atoms with Crippen molar-refractivity contribution in [1.82, 2.24) is 20.4 Å². The van der Waals surface area contributed by atoms with Crippen molar-refractivity contribution < 1.29 is 23.9 Å². The first-order valence-electron chi connectivity index (χ1n) is 14.8. The van der Waals surface area contributed by atoms with Crippen LogP contribution < -0.4 is 10.6 Å². The monoisotopic (exact) mass is 584 g/mol. The van der Waals surface area contributed by atoms with Crippen molar-refractivity contribution in [3.8, 4) is 0 Å². The maximum Gasteiger partial charge on any atom is 0.328 e. The molecule has 1 aliphatic heterocycles. The minimum absolute atomic E-state index is 0.0925. The molecule has 0 aliphatic carbocycles. The molecular formula is C30H56N4O5S. The molecule has 2 N–H and O–H groups in total. The normalized spacial score (nSPS) is 17.4. The number of likely N-dealkylation sites (tertiary alicyclic amines) is 1. The highest BCUT2D eigenvalue weighted by Crippen LogP contribution is 2.20. The molecule has 3 amide bonds. The quantitative estimate of drug-likeness (QED) is 0.235. The molecule has 0 radical (unpaired) electrons. The van der Waals surface area contributed by atoms with Gasteiger partial charge in [0.15, 0.2) is 0 Å². The smallest absolute Gasteiger partial charge is 0.328 e. The molecule has 0 spiro atoms. The number of hydrogen-bond acceptors (Lipinski definition) is 7. The highest BCUT2D eigenvalue weighted by Gasteiger charge is 2.34. The zero-order valence-corrected chi connectivity index (χ0v) is 27.5. The molecule has 9 nitrogen and oxygen atoms in total. The van der Waals surface area contributed by atoms with Gasteiger partial charge in [0.2, 0.25) is 17.7 Å². The van der Waals surface area contributed by atoms with E-state index in [-0.39, 0.29) is 48.9 Å². The van der Waals surface area contributed by atoms with Crippen LogP contribution in [0.2, 0.25) is 0 Å². The van der Waals surface area contributed by atoms with Gasteiger partial charge in [-0.05, 0) is 71.4 Å². The van der Waals surface area contributed by atoms with Crippen molar-refractivity contribution in [2.45, 2.75) is 112 Å². The van der Waals surface area contributed by atoms with Crippen LogP contribution in [0.3, 0.4) is 0 Å². The largest absolute Gasteiger partial charge is 0.464 e. The van der Waals surface area contributed by atoms with E-state index in [4.69, 9.17) is 4.74 Å². The molecule has 0 aromatic rings. The van der Waals surface area contributed by atoms with Crippen molar-refractivity contribution in [2.24, 2.45) is 5.92 Å². The Balaban J connectivity index is 0.00000483. The number of nitrogens with one attached hydrogen (secondary N) is 2. The molecule has 40 heavy (non-hydrogen) atoms. The van der Waals surface area contributed by atoms with E-state index in [0.29, 0.717) is 17.7 Å². The highest BCUT2D eigenvalue weighted by molar-refractivity contribution is 7.98. The van der Waals surface area contributed by atoms with Crippen LogP contribution in [0.5, 0.6) is 0 Å². The van der Waals surface area contributed by atoms with E-state index in [1.165, 1.54) is 11.3 Å². The molecule has 0 aromatic heterocycles. The molecule has 1 rings (SSSR count). The summed E-state index contributed by atoms with van der Waals surface area (Å²) < 4.78 is 5.08. The average Bonchev–Trinajstić information content (AvgIpc) is 2.91. The number of ether oxygens (including phenoxy) is 1. The fraction of sp³-hybridized carbons (Fsp3) is 0.800. The number of thioether (sulfide) groups is 1. The summed E-state index contributed by atoms with van der Waals surface area (Å²) in [7, 11) is 1.66. The molecule has 0 aromatic carbocycles. The fourth-order valence-corrected chi connectivity index (χ4v) is 4.78. The van der Waals surface area contributed by atoms with Gasteiger partial charge in [0.25, 0.3) is 0 Å². The third kappa shape index (κ3) is 13.5. The molecule has 232 valence electrons. The summed E-state index contributed by atoms with van der Waals surface area (Å²) in [6.07, 6.45) is 8.19. The van der Waals surface area contributed by atoms with Gasteiger partial charge < -0.3 is 20.3 Å². The summed E-state index contributed by atoms with van der Waals surface area (Å²) in [4.78, 5) is 55.0. The van der Waals surface area contributed by atoms with Gasteiger partial charge >= 0.3 is 5.97 Å². The second-order valence-electron chi connectivity index (χ2n) is 10.9. The summed E-state index contributed by atoms with van der Waals surface area (Å²) >= 11 is 1.59. The Hall–Kier alpha value is -2.07. The van der Waals surface area contributed by atoms with Crippen molar-refractivity contribution in [3.05, 3.63) is 11.6 Å². The minimum atomic E-state index is -0.715. The number of likely N-dealkylation sites (N-methyl/N-ethyl adjacent to an activating group) is 1. The van der Waals surface area contributed by atoms with E-state index >= 15 is 0 Å². The molecule has 0 saturated carbocycles. The minimum Gasteiger partial charge on any atom is -0.464 e. The Kier molecular flexibility index (Phi) is 19.7. The van der Waals surface area contributed by atoms with Gasteiger partial charge in [0.05, 0.1) is 12.6 Å². The molecule has 1 saturated heterocycles. The molecular weight excluding hydrogens is 528 g/mol. The Labute approximate surface area is 247 Å². The number of piperidine rings is 1. The Morgan fingerprint density at radius 3 is 2.23 bits per heavy atom. The number of hydrogen-bond donors (Lipinski definition) is 2. The molecule has 1 aliphatic rings. The SMILES string of the molecule is CCC.CCOC(=O)C(CCSC)NC(=O)/C(C)=C/CN(C)C(=O)C(NC(=O)C1CCCCN1C(C)C)C(C)C. The number of amides is 3. The summed E-state index contributed by atoms with van der Waals surface area (Å²) in [5.74, 6) is -0.513. The Bertz CT molecular complexity index is 818. The lowest BCUT2D eigenvalue weighted by atomic mass is 9.97. The van der Waals surface area contributed by atoms with Gasteiger partial charge in [-0.3, -0.25) is 19.3 Å². The van der Waals surface area contributed by atoms with E-state index in [0.717, 1.165) is 25.8 Å². The van der Waals surface area contributed by atoms with Crippen LogP contribution in [0.1, 0.15) is 87.5 Å². The van der Waals surface area contributed by atoms with E-state index < -0.39 is 18.1 Å². The van der Waals surface area contributed by atoms with Crippen LogP contribution in [0, 0.1) is 5.92 Å². The number of esters is 1. The number of carbonyl (C=O) groups is 4. The zero-order chi connectivity index (χ0) is 30.8. The highest BCUT2D eigenvalue weighted by atomic mass is 32.2. The summed E-state index contributed by atoms with van der Waals surface area (Å²) in [6.45, 7) is 17.0. The first-order chi connectivity index (χ1) is 18.9. The molecule has 1 fully saturated rings. The molecule has 3 unspecified atom stereocenters. The van der Waals surface area contributed by atoms with Crippen molar-refractivity contribution >= 4 is 35.5 Å². The van der Waals surface area contributed by atoms with Crippen LogP contribution in [0.4, 0.5) is 0 Å². The van der Waals surface area contributed by atoms with Crippen molar-refractivity contribution in [3.63, 3.8) is 0 Å². The second kappa shape index (κ2) is 20.8.